The van der Waals surface area contributed by atoms with Crippen molar-refractivity contribution in [3.63, 3.8) is 0 Å². The van der Waals surface area contributed by atoms with Crippen LogP contribution in [0.3, 0.4) is 0 Å². The van der Waals surface area contributed by atoms with Crippen molar-refractivity contribution in [3.8, 4) is 0 Å². The first-order valence-electron chi connectivity index (χ1n) is 12.9. The molecule has 6 nitrogen and oxygen atoms in total. The van der Waals surface area contributed by atoms with Gasteiger partial charge in [-0.25, -0.2) is 4.79 Å². The van der Waals surface area contributed by atoms with E-state index in [-0.39, 0.29) is 0 Å². The molecule has 4 aliphatic rings. The number of Topliss-reactive ketones (excluding diaryl/α,β-unsaturated/α-hetero) is 1. The van der Waals surface area contributed by atoms with Crippen molar-refractivity contribution in [1.82, 2.24) is 4.90 Å². The van der Waals surface area contributed by atoms with Crippen LogP contribution in [-0.4, -0.2) is 41.1 Å². The van der Waals surface area contributed by atoms with Crippen LogP contribution in [0, 0.1) is 17.8 Å². The van der Waals surface area contributed by atoms with Crippen LogP contribution < -0.4 is 0 Å². The number of ether oxygens (including phenoxy) is 1. The molecule has 1 fully saturated rings. The van der Waals surface area contributed by atoms with Gasteiger partial charge < -0.3 is 4.74 Å². The number of alkyl halides is 2. The van der Waals surface area contributed by atoms with E-state index in [4.69, 9.17) is 27.9 Å². The molecule has 3 atom stereocenters. The van der Waals surface area contributed by atoms with Crippen LogP contribution in [0.4, 0.5) is 0 Å². The lowest BCUT2D eigenvalue weighted by molar-refractivity contribution is -0.160. The number of esters is 1. The second-order valence-electron chi connectivity index (χ2n) is 10.7. The van der Waals surface area contributed by atoms with Gasteiger partial charge in [-0.1, -0.05) is 90.4 Å². The summed E-state index contributed by atoms with van der Waals surface area (Å²) in [4.78, 5) is 52.9. The highest BCUT2D eigenvalue weighted by molar-refractivity contribution is 9.10. The van der Waals surface area contributed by atoms with E-state index in [1.165, 1.54) is 0 Å². The van der Waals surface area contributed by atoms with Gasteiger partial charge >= 0.3 is 5.97 Å². The number of rotatable bonds is 6. The quantitative estimate of drug-likeness (QED) is 0.147. The molecule has 3 aromatic carbocycles. The third kappa shape index (κ3) is 3.60. The lowest BCUT2D eigenvalue weighted by atomic mass is 9.54. The minimum absolute atomic E-state index is 0.372. The van der Waals surface area contributed by atoms with E-state index >= 15 is 0 Å². The first-order chi connectivity index (χ1) is 19.0. The average Bonchev–Trinajstić information content (AvgIpc) is 3.21. The first kappa shape index (κ1) is 27.2. The van der Waals surface area contributed by atoms with E-state index in [1.807, 2.05) is 48.5 Å². The van der Waals surface area contributed by atoms with Crippen molar-refractivity contribution < 1.29 is 23.9 Å². The molecule has 3 aliphatic carbocycles. The van der Waals surface area contributed by atoms with E-state index < -0.39 is 63.7 Å². The van der Waals surface area contributed by atoms with Crippen molar-refractivity contribution >= 4 is 62.7 Å². The number of hydrogen-bond acceptors (Lipinski definition) is 5. The molecule has 7 rings (SSSR count). The molecule has 3 aromatic rings. The summed E-state index contributed by atoms with van der Waals surface area (Å²) in [5, 5.41) is 0. The van der Waals surface area contributed by atoms with Crippen molar-refractivity contribution in [3.05, 3.63) is 105 Å². The number of imide groups is 1. The zero-order valence-electron chi connectivity index (χ0n) is 21.6. The molecule has 2 amide bonds. The molecule has 204 valence electrons. The number of carbonyl (C=O) groups excluding carboxylic acids is 4. The van der Waals surface area contributed by atoms with Crippen LogP contribution in [0.5, 0.6) is 0 Å². The molecule has 2 bridgehead atoms. The highest BCUT2D eigenvalue weighted by atomic mass is 79.9. The molecule has 0 saturated carbocycles. The number of likely N-dealkylation sites (tertiary alicyclic amines) is 1. The van der Waals surface area contributed by atoms with Gasteiger partial charge in [0.2, 0.25) is 11.8 Å². The van der Waals surface area contributed by atoms with Crippen LogP contribution in [-0.2, 0) is 28.9 Å². The Hall–Kier alpha value is -3.00. The number of amides is 2. The van der Waals surface area contributed by atoms with Gasteiger partial charge in [0.25, 0.3) is 0 Å². The third-order valence-corrected chi connectivity index (χ3v) is 10.1. The maximum atomic E-state index is 14.2. The number of benzene rings is 3. The van der Waals surface area contributed by atoms with Crippen LogP contribution in [0.15, 0.2) is 77.3 Å². The highest BCUT2D eigenvalue weighted by Crippen LogP contribution is 2.69. The average molecular weight is 641 g/mol. The molecular formula is C31H24BrCl2NO5. The van der Waals surface area contributed by atoms with Gasteiger partial charge in [0, 0.05) is 10.0 Å². The molecule has 1 heterocycles. The van der Waals surface area contributed by atoms with Crippen molar-refractivity contribution in [2.75, 3.05) is 6.61 Å². The van der Waals surface area contributed by atoms with E-state index in [9.17, 15) is 19.2 Å². The predicted octanol–water partition coefficient (Wildman–Crippen LogP) is 5.79. The summed E-state index contributed by atoms with van der Waals surface area (Å²) in [5.41, 5.74) is 3.09. The summed E-state index contributed by atoms with van der Waals surface area (Å²) in [6.45, 7) is 2.91. The fourth-order valence-corrected chi connectivity index (χ4v) is 7.94. The van der Waals surface area contributed by atoms with Crippen LogP contribution in [0.1, 0.15) is 46.5 Å². The monoisotopic (exact) mass is 639 g/mol. The van der Waals surface area contributed by atoms with Crippen molar-refractivity contribution in [1.29, 1.82) is 0 Å². The molecule has 1 aliphatic heterocycles. The number of carbonyl (C=O) groups is 4. The summed E-state index contributed by atoms with van der Waals surface area (Å²) in [6.07, 6.45) is 0. The molecule has 0 radical (unpaired) electrons. The largest absolute Gasteiger partial charge is 0.456 e. The van der Waals surface area contributed by atoms with Crippen LogP contribution >= 0.6 is 39.1 Å². The summed E-state index contributed by atoms with van der Waals surface area (Å²) >= 11 is 18.3. The molecule has 0 aromatic heterocycles. The minimum atomic E-state index is -1.35. The number of nitrogens with zero attached hydrogens (tertiary/aromatic N) is 1. The second-order valence-corrected chi connectivity index (χ2v) is 12.9. The zero-order valence-corrected chi connectivity index (χ0v) is 24.7. The molecule has 0 unspecified atom stereocenters. The maximum absolute atomic E-state index is 14.2. The highest BCUT2D eigenvalue weighted by Gasteiger charge is 2.74. The van der Waals surface area contributed by atoms with Crippen molar-refractivity contribution in [2.45, 2.75) is 29.6 Å². The van der Waals surface area contributed by atoms with Gasteiger partial charge in [-0.2, -0.15) is 0 Å². The zero-order chi connectivity index (χ0) is 28.6. The third-order valence-electron chi connectivity index (χ3n) is 8.28. The number of halogens is 3. The van der Waals surface area contributed by atoms with Crippen molar-refractivity contribution in [2.24, 2.45) is 17.8 Å². The molecule has 1 saturated heterocycles. The standard InChI is InChI=1S/C31H24BrCl2NO5/c1-16(2)26(29(39)40-15-23(36)17-11-13-18(32)14-12-17)35-27(37)24-25(28(35)38)31(34)20-8-4-3-7-19(20)30(24,33)21-9-5-6-10-22(21)31/h3-14,16,24-26H,15H2,1-2H3/t24-,25-,26-,30?,31?/m0/s1. The van der Waals surface area contributed by atoms with Gasteiger partial charge in [0.05, 0.1) is 11.8 Å². The number of ketones is 1. The van der Waals surface area contributed by atoms with Crippen LogP contribution in [0.2, 0.25) is 0 Å². The minimum Gasteiger partial charge on any atom is -0.456 e. The SMILES string of the molecule is CC(C)[C@@H](C(=O)OCC(=O)c1ccc(Br)cc1)N1C(=O)[C@@H]2[C@@H](C1=O)C1(Cl)c3ccccc3C2(Cl)c2ccccc21. The van der Waals surface area contributed by atoms with E-state index in [0.29, 0.717) is 27.8 Å². The van der Waals surface area contributed by atoms with Gasteiger partial charge in [0.15, 0.2) is 12.4 Å². The predicted molar refractivity (Wildman–Crippen MR) is 153 cm³/mol. The Balaban J connectivity index is 1.37. The fourth-order valence-electron chi connectivity index (χ4n) is 6.58. The van der Waals surface area contributed by atoms with Crippen LogP contribution in [0.25, 0.3) is 0 Å². The Kier molecular flexibility index (Phi) is 6.48. The Bertz CT molecular complexity index is 1470. The van der Waals surface area contributed by atoms with Gasteiger partial charge in [-0.15, -0.1) is 23.2 Å². The fraction of sp³-hybridized carbons (Fsp3) is 0.290. The summed E-state index contributed by atoms with van der Waals surface area (Å²) in [5.74, 6) is -4.94. The Morgan fingerprint density at radius 3 is 1.65 bits per heavy atom. The Morgan fingerprint density at radius 1 is 0.825 bits per heavy atom. The Morgan fingerprint density at radius 2 is 1.25 bits per heavy atom. The smallest absolute Gasteiger partial charge is 0.330 e. The molecule has 9 heteroatoms. The molecule has 40 heavy (non-hydrogen) atoms. The van der Waals surface area contributed by atoms with Gasteiger partial charge in [-0.05, 0) is 40.3 Å². The topological polar surface area (TPSA) is 80.8 Å². The maximum Gasteiger partial charge on any atom is 0.330 e. The lowest BCUT2D eigenvalue weighted by Gasteiger charge is -2.54. The molecule has 0 N–H and O–H groups in total. The summed E-state index contributed by atoms with van der Waals surface area (Å²) < 4.78 is 6.21. The van der Waals surface area contributed by atoms with E-state index in [1.54, 1.807) is 38.1 Å². The lowest BCUT2D eigenvalue weighted by Crippen LogP contribution is -2.57. The summed E-state index contributed by atoms with van der Waals surface area (Å²) in [7, 11) is 0. The molecule has 0 spiro atoms. The summed E-state index contributed by atoms with van der Waals surface area (Å²) in [6, 6.07) is 20.1. The second kappa shape index (κ2) is 9.54. The van der Waals surface area contributed by atoms with E-state index in [0.717, 1.165) is 9.37 Å². The normalized spacial score (nSPS) is 26.8. The van der Waals surface area contributed by atoms with Gasteiger partial charge in [-0.3, -0.25) is 19.3 Å². The number of hydrogen-bond donors (Lipinski definition) is 0. The van der Waals surface area contributed by atoms with Gasteiger partial charge in [0.1, 0.15) is 15.8 Å². The Labute approximate surface area is 249 Å². The van der Waals surface area contributed by atoms with E-state index in [2.05, 4.69) is 15.9 Å². The molecular weight excluding hydrogens is 617 g/mol. The first-order valence-corrected chi connectivity index (χ1v) is 14.5.